The van der Waals surface area contributed by atoms with Crippen LogP contribution in [0.5, 0.6) is 5.75 Å². The molecular formula is C14H20O2Si. The molecular weight excluding hydrogens is 228 g/mol. The molecule has 3 rings (SSSR count). The van der Waals surface area contributed by atoms with Gasteiger partial charge in [-0.3, -0.25) is 0 Å². The Balaban J connectivity index is 1.84. The summed E-state index contributed by atoms with van der Waals surface area (Å²) in [5.41, 5.74) is 0.535. The Labute approximate surface area is 105 Å². The summed E-state index contributed by atoms with van der Waals surface area (Å²) in [5, 5.41) is 10.8. The molecule has 0 saturated heterocycles. The quantitative estimate of drug-likeness (QED) is 0.819. The highest BCUT2D eigenvalue weighted by molar-refractivity contribution is 6.08. The first kappa shape index (κ1) is 11.3. The van der Waals surface area contributed by atoms with E-state index in [4.69, 9.17) is 4.74 Å². The summed E-state index contributed by atoms with van der Waals surface area (Å²) in [5.74, 6) is 2.16. The lowest BCUT2D eigenvalue weighted by Crippen LogP contribution is -2.32. The molecule has 92 valence electrons. The predicted molar refractivity (Wildman–Crippen MR) is 71.2 cm³/mol. The molecule has 3 atom stereocenters. The maximum atomic E-state index is 10.8. The second-order valence-electron chi connectivity index (χ2n) is 5.46. The van der Waals surface area contributed by atoms with Crippen molar-refractivity contribution in [3.63, 3.8) is 0 Å². The van der Waals surface area contributed by atoms with Crippen LogP contribution in [0.3, 0.4) is 0 Å². The molecule has 3 unspecified atom stereocenters. The first-order valence-corrected chi connectivity index (χ1v) is 8.09. The second-order valence-corrected chi connectivity index (χ2v) is 6.04. The van der Waals surface area contributed by atoms with Crippen LogP contribution < -0.4 is 4.74 Å². The first-order valence-electron chi connectivity index (χ1n) is 6.68. The van der Waals surface area contributed by atoms with Gasteiger partial charge in [0.2, 0.25) is 0 Å². The fourth-order valence-corrected chi connectivity index (χ4v) is 3.99. The standard InChI is InChI=1S/C14H20O2Si/c15-14(8-10-1-2-12(14)7-10)11-3-5-13(6-4-11)16-9-17/h3-6,10,12,15H,1-2,7-9H2,17H3. The van der Waals surface area contributed by atoms with Crippen LogP contribution >= 0.6 is 0 Å². The van der Waals surface area contributed by atoms with E-state index in [0.717, 1.165) is 40.1 Å². The zero-order valence-corrected chi connectivity index (χ0v) is 12.4. The highest BCUT2D eigenvalue weighted by atomic mass is 28.1. The Hall–Kier alpha value is -0.803. The van der Waals surface area contributed by atoms with Gasteiger partial charge in [-0.1, -0.05) is 12.1 Å². The largest absolute Gasteiger partial charge is 0.498 e. The third-order valence-corrected chi connectivity index (χ3v) is 4.77. The fraction of sp³-hybridized carbons (Fsp3) is 0.571. The van der Waals surface area contributed by atoms with Gasteiger partial charge in [-0.25, -0.2) is 0 Å². The maximum absolute atomic E-state index is 10.8. The minimum atomic E-state index is -0.553. The molecule has 3 heteroatoms. The van der Waals surface area contributed by atoms with Gasteiger partial charge < -0.3 is 9.84 Å². The van der Waals surface area contributed by atoms with Crippen LogP contribution in [0.25, 0.3) is 0 Å². The minimum Gasteiger partial charge on any atom is -0.498 e. The van der Waals surface area contributed by atoms with Crippen molar-refractivity contribution in [3.8, 4) is 5.75 Å². The van der Waals surface area contributed by atoms with Crippen LogP contribution in [-0.2, 0) is 5.60 Å². The molecule has 2 bridgehead atoms. The van der Waals surface area contributed by atoms with E-state index in [-0.39, 0.29) is 0 Å². The Kier molecular flexibility index (Phi) is 2.75. The van der Waals surface area contributed by atoms with Gasteiger partial charge in [0.05, 0.1) is 22.1 Å². The summed E-state index contributed by atoms with van der Waals surface area (Å²) in [7, 11) is 1.06. The normalized spacial score (nSPS) is 35.4. The molecule has 0 amide bonds. The number of benzene rings is 1. The molecule has 0 aromatic heterocycles. The monoisotopic (exact) mass is 248 g/mol. The third-order valence-electron chi connectivity index (χ3n) is 4.48. The zero-order chi connectivity index (χ0) is 11.9. The summed E-state index contributed by atoms with van der Waals surface area (Å²) in [6.45, 7) is 0. The molecule has 1 aromatic rings. The van der Waals surface area contributed by atoms with Gasteiger partial charge in [-0.2, -0.15) is 0 Å². The van der Waals surface area contributed by atoms with Crippen LogP contribution in [0.1, 0.15) is 31.2 Å². The number of aliphatic hydroxyl groups is 1. The molecule has 2 saturated carbocycles. The topological polar surface area (TPSA) is 29.5 Å². The van der Waals surface area contributed by atoms with E-state index in [1.165, 1.54) is 19.3 Å². The molecule has 0 radical (unpaired) electrons. The molecule has 0 spiro atoms. The van der Waals surface area contributed by atoms with Crippen LogP contribution in [0.2, 0.25) is 0 Å². The molecule has 1 N–H and O–H groups in total. The van der Waals surface area contributed by atoms with Crippen molar-refractivity contribution < 1.29 is 9.84 Å². The molecule has 0 heterocycles. The Morgan fingerprint density at radius 1 is 1.29 bits per heavy atom. The summed E-state index contributed by atoms with van der Waals surface area (Å²) >= 11 is 0. The van der Waals surface area contributed by atoms with E-state index in [9.17, 15) is 5.11 Å². The molecule has 1 aromatic carbocycles. The van der Waals surface area contributed by atoms with Crippen molar-refractivity contribution in [3.05, 3.63) is 29.8 Å². The molecule has 2 aliphatic rings. The van der Waals surface area contributed by atoms with Gasteiger partial charge in [0, 0.05) is 0 Å². The van der Waals surface area contributed by atoms with Gasteiger partial charge in [0.15, 0.2) is 0 Å². The zero-order valence-electron chi connectivity index (χ0n) is 10.4. The van der Waals surface area contributed by atoms with Crippen molar-refractivity contribution >= 4 is 10.2 Å². The molecule has 2 fully saturated rings. The van der Waals surface area contributed by atoms with Crippen LogP contribution in [0.4, 0.5) is 0 Å². The fourth-order valence-electron chi connectivity index (χ4n) is 3.66. The number of fused-ring (bicyclic) bond motifs is 2. The average Bonchev–Trinajstić information content (AvgIpc) is 2.90. The summed E-state index contributed by atoms with van der Waals surface area (Å²) in [6, 6.07) is 8.09. The van der Waals surface area contributed by atoms with Gasteiger partial charge in [0.1, 0.15) is 5.75 Å². The van der Waals surface area contributed by atoms with E-state index in [1.54, 1.807) is 0 Å². The lowest BCUT2D eigenvalue weighted by molar-refractivity contribution is -0.0182. The van der Waals surface area contributed by atoms with Crippen LogP contribution in [0.15, 0.2) is 24.3 Å². The Bertz CT molecular complexity index is 403. The number of hydrogen-bond donors (Lipinski definition) is 1. The van der Waals surface area contributed by atoms with Crippen LogP contribution in [0, 0.1) is 11.8 Å². The summed E-state index contributed by atoms with van der Waals surface area (Å²) in [6.07, 6.45) is 5.51. The number of rotatable bonds is 3. The number of hydrogen-bond acceptors (Lipinski definition) is 2. The summed E-state index contributed by atoms with van der Waals surface area (Å²) in [4.78, 5) is 0. The maximum Gasteiger partial charge on any atom is 0.118 e. The molecule has 17 heavy (non-hydrogen) atoms. The number of ether oxygens (including phenoxy) is 1. The minimum absolute atomic E-state index is 0.484. The molecule has 0 aliphatic heterocycles. The van der Waals surface area contributed by atoms with E-state index >= 15 is 0 Å². The third kappa shape index (κ3) is 1.81. The molecule has 2 nitrogen and oxygen atoms in total. The highest BCUT2D eigenvalue weighted by Crippen LogP contribution is 2.55. The smallest absolute Gasteiger partial charge is 0.118 e. The molecule has 2 aliphatic carbocycles. The highest BCUT2D eigenvalue weighted by Gasteiger charge is 2.50. The van der Waals surface area contributed by atoms with Gasteiger partial charge in [-0.15, -0.1) is 0 Å². The van der Waals surface area contributed by atoms with E-state index in [0.29, 0.717) is 5.92 Å². The van der Waals surface area contributed by atoms with Gasteiger partial charge in [-0.05, 0) is 55.2 Å². The predicted octanol–water partition coefficient (Wildman–Crippen LogP) is 1.40. The SMILES string of the molecule is OC1(c2ccc(OC[SiH3])cc2)CC2CCC1C2. The van der Waals surface area contributed by atoms with Crippen molar-refractivity contribution in [2.24, 2.45) is 11.8 Å². The summed E-state index contributed by atoms with van der Waals surface area (Å²) < 4.78 is 5.50. The van der Waals surface area contributed by atoms with E-state index in [2.05, 4.69) is 0 Å². The van der Waals surface area contributed by atoms with Crippen molar-refractivity contribution in [2.45, 2.75) is 31.3 Å². The van der Waals surface area contributed by atoms with Crippen molar-refractivity contribution in [2.75, 3.05) is 6.23 Å². The second kappa shape index (κ2) is 4.14. The average molecular weight is 248 g/mol. The van der Waals surface area contributed by atoms with Crippen LogP contribution in [-0.4, -0.2) is 21.6 Å². The lowest BCUT2D eigenvalue weighted by atomic mass is 9.79. The lowest BCUT2D eigenvalue weighted by Gasteiger charge is -2.33. The van der Waals surface area contributed by atoms with Crippen molar-refractivity contribution in [1.82, 2.24) is 0 Å². The van der Waals surface area contributed by atoms with Gasteiger partial charge >= 0.3 is 0 Å². The van der Waals surface area contributed by atoms with E-state index in [1.807, 2.05) is 24.3 Å². The Morgan fingerprint density at radius 2 is 2.06 bits per heavy atom. The van der Waals surface area contributed by atoms with Gasteiger partial charge in [0.25, 0.3) is 0 Å². The van der Waals surface area contributed by atoms with Crippen molar-refractivity contribution in [1.29, 1.82) is 0 Å². The Morgan fingerprint density at radius 3 is 2.59 bits per heavy atom. The van der Waals surface area contributed by atoms with E-state index < -0.39 is 5.60 Å². The first-order chi connectivity index (χ1) is 8.22.